The van der Waals surface area contributed by atoms with Gasteiger partial charge in [0.25, 0.3) is 0 Å². The zero-order valence-corrected chi connectivity index (χ0v) is 26.8. The Labute approximate surface area is 266 Å². The van der Waals surface area contributed by atoms with Crippen molar-refractivity contribution in [1.82, 2.24) is 25.3 Å². The van der Waals surface area contributed by atoms with E-state index < -0.39 is 11.7 Å². The molecule has 42 heavy (non-hydrogen) atoms. The second kappa shape index (κ2) is 17.3. The van der Waals surface area contributed by atoms with Gasteiger partial charge in [0.05, 0.1) is 5.69 Å². The molecule has 0 bridgehead atoms. The van der Waals surface area contributed by atoms with Crippen molar-refractivity contribution in [3.63, 3.8) is 0 Å². The number of halogens is 3. The number of thioether (sulfide) groups is 1. The fourth-order valence-electron chi connectivity index (χ4n) is 3.96. The highest BCUT2D eigenvalue weighted by Gasteiger charge is 2.34. The molecule has 1 N–H and O–H groups in total. The Bertz CT molecular complexity index is 1330. The Morgan fingerprint density at radius 1 is 0.881 bits per heavy atom. The standard InChI is InChI=1S/C14H12Cl2N2.C11H16ClN3O2S.C6H6/c15-13-8-12(17-14(16)18-13)11-7-6-10(11)9-4-2-1-3-5-9;1-11(2,3)17-10(16)14-6-7-18-8-4-5-13-9(12)15-8;1-2-4-6-5-3-1/h1-5,8,10-11H,6-7H2;4-5H,6-7H2,1-3H3,(H,14,16);1-6H/t10-,11-;;/m0../s1. The molecule has 5 rings (SSSR count). The number of ether oxygens (including phenoxy) is 1. The second-order valence-corrected chi connectivity index (χ2v) is 12.4. The first kappa shape index (κ1) is 33.6. The molecule has 2 atom stereocenters. The Balaban J connectivity index is 0.000000192. The summed E-state index contributed by atoms with van der Waals surface area (Å²) in [6.07, 6.45) is 3.50. The number of alkyl carbamates (subject to hydrolysis) is 1. The van der Waals surface area contributed by atoms with E-state index in [-0.39, 0.29) is 10.6 Å². The molecule has 4 aromatic rings. The number of carbonyl (C=O) groups is 1. The molecule has 2 aromatic heterocycles. The number of aromatic nitrogens is 4. The largest absolute Gasteiger partial charge is 0.444 e. The molecule has 2 heterocycles. The Morgan fingerprint density at radius 2 is 1.50 bits per heavy atom. The van der Waals surface area contributed by atoms with Gasteiger partial charge in [-0.1, -0.05) is 78.3 Å². The van der Waals surface area contributed by atoms with Crippen LogP contribution >= 0.6 is 46.6 Å². The quantitative estimate of drug-likeness (QED) is 0.0968. The van der Waals surface area contributed by atoms with Crippen molar-refractivity contribution in [3.8, 4) is 0 Å². The maximum absolute atomic E-state index is 11.3. The summed E-state index contributed by atoms with van der Waals surface area (Å²) in [6.45, 7) is 5.97. The summed E-state index contributed by atoms with van der Waals surface area (Å²) in [5.74, 6) is 1.62. The third-order valence-corrected chi connectivity index (χ3v) is 7.33. The van der Waals surface area contributed by atoms with Crippen LogP contribution in [0.5, 0.6) is 0 Å². The minimum absolute atomic E-state index is 0.222. The molecule has 1 aliphatic carbocycles. The van der Waals surface area contributed by atoms with Crippen molar-refractivity contribution in [3.05, 3.63) is 112 Å². The third kappa shape index (κ3) is 12.5. The molecule has 11 heteroatoms. The maximum Gasteiger partial charge on any atom is 0.407 e. The zero-order valence-electron chi connectivity index (χ0n) is 23.7. The van der Waals surface area contributed by atoms with Crippen LogP contribution in [0.25, 0.3) is 0 Å². The van der Waals surface area contributed by atoms with Crippen molar-refractivity contribution in [2.45, 2.75) is 56.1 Å². The van der Waals surface area contributed by atoms with Crippen LogP contribution in [0.4, 0.5) is 4.79 Å². The van der Waals surface area contributed by atoms with Gasteiger partial charge >= 0.3 is 6.09 Å². The van der Waals surface area contributed by atoms with Crippen LogP contribution < -0.4 is 5.32 Å². The van der Waals surface area contributed by atoms with Crippen molar-refractivity contribution in [1.29, 1.82) is 0 Å². The van der Waals surface area contributed by atoms with Gasteiger partial charge in [0, 0.05) is 24.4 Å². The number of benzene rings is 2. The Kier molecular flexibility index (Phi) is 13.8. The topological polar surface area (TPSA) is 89.9 Å². The van der Waals surface area contributed by atoms with Crippen LogP contribution in [0.15, 0.2) is 90.1 Å². The molecule has 0 unspecified atom stereocenters. The van der Waals surface area contributed by atoms with Gasteiger partial charge in [-0.25, -0.2) is 24.7 Å². The molecule has 1 amide bonds. The van der Waals surface area contributed by atoms with E-state index >= 15 is 0 Å². The zero-order chi connectivity index (χ0) is 30.4. The highest BCUT2D eigenvalue weighted by molar-refractivity contribution is 7.99. The van der Waals surface area contributed by atoms with E-state index in [0.717, 1.165) is 17.1 Å². The predicted molar refractivity (Wildman–Crippen MR) is 172 cm³/mol. The van der Waals surface area contributed by atoms with Gasteiger partial charge in [0.15, 0.2) is 0 Å². The molecule has 0 saturated heterocycles. The molecule has 0 spiro atoms. The molecule has 222 valence electrons. The first-order valence-electron chi connectivity index (χ1n) is 13.4. The van der Waals surface area contributed by atoms with E-state index in [9.17, 15) is 4.79 Å². The van der Waals surface area contributed by atoms with E-state index in [0.29, 0.717) is 29.3 Å². The maximum atomic E-state index is 11.3. The highest BCUT2D eigenvalue weighted by atomic mass is 35.5. The Hall–Kier alpha value is -2.91. The van der Waals surface area contributed by atoms with Gasteiger partial charge in [-0.3, -0.25) is 0 Å². The first-order chi connectivity index (χ1) is 20.1. The number of nitrogens with zero attached hydrogens (tertiary/aromatic N) is 4. The van der Waals surface area contributed by atoms with Gasteiger partial charge < -0.3 is 10.1 Å². The van der Waals surface area contributed by atoms with Crippen LogP contribution in [-0.4, -0.2) is 43.9 Å². The lowest BCUT2D eigenvalue weighted by Crippen LogP contribution is -2.33. The minimum Gasteiger partial charge on any atom is -0.444 e. The van der Waals surface area contributed by atoms with E-state index in [1.807, 2.05) is 69.3 Å². The molecular formula is C31H34Cl3N5O2S. The van der Waals surface area contributed by atoms with Gasteiger partial charge in [0.1, 0.15) is 15.8 Å². The van der Waals surface area contributed by atoms with E-state index in [1.165, 1.54) is 23.7 Å². The SMILES string of the molecule is CC(C)(C)OC(=O)NCCSc1ccnc(Cl)n1.Clc1cc([C@H]2CC[C@H]2c2ccccc2)nc(Cl)n1.c1ccccc1. The van der Waals surface area contributed by atoms with Crippen molar-refractivity contribution in [2.75, 3.05) is 12.3 Å². The number of hydrogen-bond acceptors (Lipinski definition) is 7. The number of nitrogens with one attached hydrogen (secondary N) is 1. The summed E-state index contributed by atoms with van der Waals surface area (Å²) in [7, 11) is 0. The average molecular weight is 647 g/mol. The van der Waals surface area contributed by atoms with E-state index in [2.05, 4.69) is 49.5 Å². The number of carbonyl (C=O) groups excluding carboxylic acids is 1. The van der Waals surface area contributed by atoms with Crippen molar-refractivity contribution >= 4 is 52.7 Å². The van der Waals surface area contributed by atoms with Gasteiger partial charge in [-0.2, -0.15) is 0 Å². The van der Waals surface area contributed by atoms with Gasteiger partial charge in [-0.05, 0) is 80.4 Å². The fourth-order valence-corrected chi connectivity index (χ4v) is 5.30. The molecule has 2 aromatic carbocycles. The molecule has 0 radical (unpaired) electrons. The van der Waals surface area contributed by atoms with Crippen LogP contribution in [-0.2, 0) is 4.74 Å². The summed E-state index contributed by atoms with van der Waals surface area (Å²) < 4.78 is 5.10. The lowest BCUT2D eigenvalue weighted by Gasteiger charge is -2.36. The van der Waals surface area contributed by atoms with Crippen LogP contribution in [0.1, 0.15) is 56.7 Å². The monoisotopic (exact) mass is 645 g/mol. The smallest absolute Gasteiger partial charge is 0.407 e. The van der Waals surface area contributed by atoms with Crippen LogP contribution in [0.2, 0.25) is 15.7 Å². The summed E-state index contributed by atoms with van der Waals surface area (Å²) in [6, 6.07) is 26.1. The van der Waals surface area contributed by atoms with E-state index in [1.54, 1.807) is 12.3 Å². The highest BCUT2D eigenvalue weighted by Crippen LogP contribution is 2.48. The van der Waals surface area contributed by atoms with Crippen LogP contribution in [0.3, 0.4) is 0 Å². The molecular weight excluding hydrogens is 613 g/mol. The molecule has 1 aliphatic rings. The van der Waals surface area contributed by atoms with Crippen molar-refractivity contribution < 1.29 is 9.53 Å². The lowest BCUT2D eigenvalue weighted by atomic mass is 9.68. The summed E-state index contributed by atoms with van der Waals surface area (Å²) in [4.78, 5) is 27.3. The molecule has 1 saturated carbocycles. The summed E-state index contributed by atoms with van der Waals surface area (Å²) >= 11 is 18.9. The third-order valence-electron chi connectivity index (χ3n) is 5.86. The summed E-state index contributed by atoms with van der Waals surface area (Å²) in [5, 5.41) is 4.32. The molecule has 0 aliphatic heterocycles. The summed E-state index contributed by atoms with van der Waals surface area (Å²) in [5.41, 5.74) is 1.84. The predicted octanol–water partition coefficient (Wildman–Crippen LogP) is 8.88. The van der Waals surface area contributed by atoms with Gasteiger partial charge in [-0.15, -0.1) is 11.8 Å². The van der Waals surface area contributed by atoms with Crippen molar-refractivity contribution in [2.24, 2.45) is 0 Å². The van der Waals surface area contributed by atoms with Crippen LogP contribution in [0, 0.1) is 0 Å². The number of hydrogen-bond donors (Lipinski definition) is 1. The minimum atomic E-state index is -0.475. The first-order valence-corrected chi connectivity index (χ1v) is 15.6. The average Bonchev–Trinajstić information content (AvgIpc) is 2.91. The molecule has 1 fully saturated rings. The second-order valence-electron chi connectivity index (χ2n) is 10.2. The number of amides is 1. The van der Waals surface area contributed by atoms with E-state index in [4.69, 9.17) is 39.5 Å². The normalized spacial score (nSPS) is 15.6. The molecule has 7 nitrogen and oxygen atoms in total. The van der Waals surface area contributed by atoms with Gasteiger partial charge in [0.2, 0.25) is 10.6 Å². The fraction of sp³-hybridized carbons (Fsp3) is 0.323. The lowest BCUT2D eigenvalue weighted by molar-refractivity contribution is 0.0531. The Morgan fingerprint density at radius 3 is 2.05 bits per heavy atom. The number of rotatable bonds is 6.